The number of rotatable bonds is 2. The number of anilines is 1. The highest BCUT2D eigenvalue weighted by Crippen LogP contribution is 2.07. The van der Waals surface area contributed by atoms with Crippen LogP contribution in [-0.4, -0.2) is 26.5 Å². The van der Waals surface area contributed by atoms with Crippen molar-refractivity contribution in [2.45, 2.75) is 0 Å². The van der Waals surface area contributed by atoms with Crippen molar-refractivity contribution in [2.24, 2.45) is 0 Å². The molecule has 2 rings (SSSR count). The number of thiophene rings is 1. The van der Waals surface area contributed by atoms with Gasteiger partial charge in [0.15, 0.2) is 0 Å². The summed E-state index contributed by atoms with van der Waals surface area (Å²) < 4.78 is 0. The number of tetrazole rings is 1. The van der Waals surface area contributed by atoms with Gasteiger partial charge in [-0.15, -0.1) is 5.10 Å². The Kier molecular flexibility index (Phi) is 2.01. The third-order valence-electron chi connectivity index (χ3n) is 1.35. The number of nitrogens with one attached hydrogen (secondary N) is 2. The van der Waals surface area contributed by atoms with Crippen molar-refractivity contribution in [2.75, 3.05) is 5.32 Å². The monoisotopic (exact) mass is 195 g/mol. The topological polar surface area (TPSA) is 83.6 Å². The summed E-state index contributed by atoms with van der Waals surface area (Å²) in [6, 6.07) is 1.72. The van der Waals surface area contributed by atoms with Crippen molar-refractivity contribution >= 4 is 23.2 Å². The first-order valence-electron chi connectivity index (χ1n) is 3.43. The van der Waals surface area contributed by atoms with Crippen LogP contribution < -0.4 is 5.32 Å². The number of H-pyrrole nitrogens is 1. The van der Waals surface area contributed by atoms with E-state index in [1.807, 2.05) is 5.38 Å². The van der Waals surface area contributed by atoms with E-state index in [1.165, 1.54) is 11.3 Å². The lowest BCUT2D eigenvalue weighted by molar-refractivity contribution is 0.102. The van der Waals surface area contributed by atoms with Crippen LogP contribution in [0.15, 0.2) is 16.8 Å². The molecule has 0 saturated carbocycles. The van der Waals surface area contributed by atoms with Gasteiger partial charge < -0.3 is 0 Å². The van der Waals surface area contributed by atoms with Gasteiger partial charge in [0.05, 0.1) is 5.56 Å². The van der Waals surface area contributed by atoms with E-state index in [-0.39, 0.29) is 11.9 Å². The molecule has 7 heteroatoms. The van der Waals surface area contributed by atoms with Crippen LogP contribution in [0.1, 0.15) is 10.4 Å². The number of amides is 1. The lowest BCUT2D eigenvalue weighted by Crippen LogP contribution is -2.11. The van der Waals surface area contributed by atoms with E-state index < -0.39 is 0 Å². The molecule has 0 unspecified atom stereocenters. The van der Waals surface area contributed by atoms with Gasteiger partial charge >= 0.3 is 0 Å². The second kappa shape index (κ2) is 3.31. The maximum absolute atomic E-state index is 11.3. The molecule has 0 spiro atoms. The van der Waals surface area contributed by atoms with Gasteiger partial charge in [-0.05, 0) is 16.7 Å². The number of carbonyl (C=O) groups excluding carboxylic acids is 1. The zero-order valence-corrected chi connectivity index (χ0v) is 7.21. The Balaban J connectivity index is 2.08. The maximum Gasteiger partial charge on any atom is 0.270 e. The first kappa shape index (κ1) is 7.87. The highest BCUT2D eigenvalue weighted by Gasteiger charge is 2.07. The summed E-state index contributed by atoms with van der Waals surface area (Å²) in [5.74, 6) is -0.0566. The average molecular weight is 195 g/mol. The summed E-state index contributed by atoms with van der Waals surface area (Å²) in [5, 5.41) is 18.8. The van der Waals surface area contributed by atoms with E-state index in [1.54, 1.807) is 11.4 Å². The van der Waals surface area contributed by atoms with Gasteiger partial charge in [0.2, 0.25) is 0 Å². The summed E-state index contributed by atoms with van der Waals surface area (Å²) in [4.78, 5) is 11.3. The van der Waals surface area contributed by atoms with Gasteiger partial charge in [0.1, 0.15) is 0 Å². The molecule has 0 saturated heterocycles. The minimum absolute atomic E-state index is 0.177. The van der Waals surface area contributed by atoms with E-state index >= 15 is 0 Å². The largest absolute Gasteiger partial charge is 0.288 e. The van der Waals surface area contributed by atoms with Crippen LogP contribution >= 0.6 is 11.3 Å². The van der Waals surface area contributed by atoms with Crippen molar-refractivity contribution in [3.8, 4) is 0 Å². The SMILES string of the molecule is O=C(Nc1nn[nH]n1)c1ccsc1. The fourth-order valence-electron chi connectivity index (χ4n) is 0.782. The van der Waals surface area contributed by atoms with Crippen LogP contribution in [0.4, 0.5) is 5.95 Å². The Morgan fingerprint density at radius 3 is 3.15 bits per heavy atom. The fourth-order valence-corrected chi connectivity index (χ4v) is 1.42. The van der Waals surface area contributed by atoms with Crippen molar-refractivity contribution < 1.29 is 4.79 Å². The Hall–Kier alpha value is -1.76. The summed E-state index contributed by atoms with van der Waals surface area (Å²) >= 11 is 1.46. The first-order valence-corrected chi connectivity index (χ1v) is 4.37. The van der Waals surface area contributed by atoms with Crippen LogP contribution in [0.2, 0.25) is 0 Å². The zero-order chi connectivity index (χ0) is 9.10. The van der Waals surface area contributed by atoms with Crippen molar-refractivity contribution in [1.82, 2.24) is 20.6 Å². The summed E-state index contributed by atoms with van der Waals surface area (Å²) in [6.07, 6.45) is 0. The maximum atomic E-state index is 11.3. The number of aromatic nitrogens is 4. The zero-order valence-electron chi connectivity index (χ0n) is 6.39. The third kappa shape index (κ3) is 1.70. The lowest BCUT2D eigenvalue weighted by atomic mass is 10.3. The molecule has 0 aliphatic rings. The molecular formula is C6H5N5OS. The molecular weight excluding hydrogens is 190 g/mol. The molecule has 0 fully saturated rings. The molecule has 13 heavy (non-hydrogen) atoms. The van der Waals surface area contributed by atoms with Gasteiger partial charge in [-0.1, -0.05) is 5.10 Å². The molecule has 2 N–H and O–H groups in total. The molecule has 0 aliphatic carbocycles. The molecule has 0 aliphatic heterocycles. The van der Waals surface area contributed by atoms with Gasteiger partial charge in [-0.25, -0.2) is 0 Å². The highest BCUT2D eigenvalue weighted by molar-refractivity contribution is 7.08. The Morgan fingerprint density at radius 1 is 1.62 bits per heavy atom. The fraction of sp³-hybridized carbons (Fsp3) is 0. The predicted octanol–water partition coefficient (Wildman–Crippen LogP) is 0.513. The standard InChI is InChI=1S/C6H5N5OS/c12-5(4-1-2-13-3-4)7-6-8-10-11-9-6/h1-3H,(H2,7,8,9,10,11,12). The molecule has 66 valence electrons. The second-order valence-electron chi connectivity index (χ2n) is 2.20. The molecule has 6 nitrogen and oxygen atoms in total. The summed E-state index contributed by atoms with van der Waals surface area (Å²) in [7, 11) is 0. The van der Waals surface area contributed by atoms with E-state index in [0.717, 1.165) is 0 Å². The number of aromatic amines is 1. The summed E-state index contributed by atoms with van der Waals surface area (Å²) in [6.45, 7) is 0. The Bertz CT molecular complexity index is 381. The molecule has 1 amide bonds. The van der Waals surface area contributed by atoms with E-state index in [9.17, 15) is 4.79 Å². The third-order valence-corrected chi connectivity index (χ3v) is 2.04. The highest BCUT2D eigenvalue weighted by atomic mass is 32.1. The van der Waals surface area contributed by atoms with Crippen molar-refractivity contribution in [1.29, 1.82) is 0 Å². The quantitative estimate of drug-likeness (QED) is 0.731. The second-order valence-corrected chi connectivity index (χ2v) is 2.98. The molecule has 2 heterocycles. The molecule has 2 aromatic heterocycles. The summed E-state index contributed by atoms with van der Waals surface area (Å²) in [5.41, 5.74) is 0.592. The lowest BCUT2D eigenvalue weighted by Gasteiger charge is -1.94. The van der Waals surface area contributed by atoms with Gasteiger partial charge in [-0.3, -0.25) is 10.1 Å². The molecule has 0 aromatic carbocycles. The van der Waals surface area contributed by atoms with Crippen molar-refractivity contribution in [3.05, 3.63) is 22.4 Å². The van der Waals surface area contributed by atoms with Gasteiger partial charge in [0, 0.05) is 5.38 Å². The smallest absolute Gasteiger partial charge is 0.270 e. The van der Waals surface area contributed by atoms with Crippen molar-refractivity contribution in [3.63, 3.8) is 0 Å². The number of carbonyl (C=O) groups is 1. The average Bonchev–Trinajstić information content (AvgIpc) is 2.74. The van der Waals surface area contributed by atoms with E-state index in [2.05, 4.69) is 25.9 Å². The van der Waals surface area contributed by atoms with E-state index in [0.29, 0.717) is 5.56 Å². The number of hydrogen-bond donors (Lipinski definition) is 2. The number of hydrogen-bond acceptors (Lipinski definition) is 5. The Labute approximate surface area is 77.0 Å². The van der Waals surface area contributed by atoms with E-state index in [4.69, 9.17) is 0 Å². The molecule has 0 radical (unpaired) electrons. The molecule has 0 atom stereocenters. The van der Waals surface area contributed by atoms with Gasteiger partial charge in [-0.2, -0.15) is 16.6 Å². The van der Waals surface area contributed by atoms with Crippen LogP contribution in [0, 0.1) is 0 Å². The van der Waals surface area contributed by atoms with Crippen LogP contribution in [0.25, 0.3) is 0 Å². The number of nitrogens with zero attached hydrogens (tertiary/aromatic N) is 3. The predicted molar refractivity (Wildman–Crippen MR) is 46.4 cm³/mol. The van der Waals surface area contributed by atoms with Crippen LogP contribution in [0.5, 0.6) is 0 Å². The van der Waals surface area contributed by atoms with Crippen LogP contribution in [0.3, 0.4) is 0 Å². The minimum atomic E-state index is -0.234. The molecule has 0 bridgehead atoms. The minimum Gasteiger partial charge on any atom is -0.288 e. The Morgan fingerprint density at radius 2 is 2.54 bits per heavy atom. The normalized spacial score (nSPS) is 9.85. The van der Waals surface area contributed by atoms with Gasteiger partial charge in [0.25, 0.3) is 11.9 Å². The first-order chi connectivity index (χ1) is 6.36. The molecule has 2 aromatic rings. The van der Waals surface area contributed by atoms with Crippen LogP contribution in [-0.2, 0) is 0 Å².